The molecule has 0 heterocycles. The van der Waals surface area contributed by atoms with Crippen molar-refractivity contribution in [2.45, 2.75) is 25.7 Å². The molecule has 2 rings (SSSR count). The molecule has 1 unspecified atom stereocenters. The maximum Gasteiger partial charge on any atom is 0.119 e. The molecule has 0 aliphatic heterocycles. The smallest absolute Gasteiger partial charge is 0.119 e. The normalized spacial score (nSPS) is 14.1. The van der Waals surface area contributed by atoms with E-state index in [1.165, 1.54) is 6.07 Å². The highest BCUT2D eigenvalue weighted by molar-refractivity contribution is 5.48. The van der Waals surface area contributed by atoms with E-state index in [1.54, 1.807) is 12.1 Å². The first-order valence-corrected chi connectivity index (χ1v) is 6.16. The van der Waals surface area contributed by atoms with Crippen molar-refractivity contribution in [2.24, 2.45) is 0 Å². The van der Waals surface area contributed by atoms with Crippen LogP contribution in [0.15, 0.2) is 48.5 Å². The molecule has 0 amide bonds. The molecule has 1 atom stereocenters. The third kappa shape index (κ3) is 2.06. The van der Waals surface area contributed by atoms with Crippen molar-refractivity contribution in [3.63, 3.8) is 0 Å². The second-order valence-electron chi connectivity index (χ2n) is 4.75. The standard InChI is InChI=1S/C16H18O2/c1-3-16(2,12-7-5-4-6-8-12)14-11-13(17)9-10-15(14)18/h4-11,17-18H,3H2,1-2H3. The summed E-state index contributed by atoms with van der Waals surface area (Å²) >= 11 is 0. The summed E-state index contributed by atoms with van der Waals surface area (Å²) in [6.07, 6.45) is 0.841. The van der Waals surface area contributed by atoms with Crippen LogP contribution < -0.4 is 0 Å². The minimum atomic E-state index is -0.302. The van der Waals surface area contributed by atoms with Crippen LogP contribution in [0.3, 0.4) is 0 Å². The molecule has 2 heteroatoms. The Labute approximate surface area is 108 Å². The number of phenolic OH excluding ortho intramolecular Hbond substituents is 2. The van der Waals surface area contributed by atoms with E-state index in [0.29, 0.717) is 0 Å². The molecule has 2 N–H and O–H groups in total. The summed E-state index contributed by atoms with van der Waals surface area (Å²) in [5, 5.41) is 19.7. The van der Waals surface area contributed by atoms with Crippen LogP contribution in [-0.2, 0) is 5.41 Å². The summed E-state index contributed by atoms with van der Waals surface area (Å²) in [6.45, 7) is 4.16. The van der Waals surface area contributed by atoms with E-state index in [0.717, 1.165) is 17.5 Å². The molecular weight excluding hydrogens is 224 g/mol. The van der Waals surface area contributed by atoms with Gasteiger partial charge in [0.05, 0.1) is 0 Å². The maximum atomic E-state index is 10.1. The molecule has 2 nitrogen and oxygen atoms in total. The Morgan fingerprint density at radius 3 is 2.28 bits per heavy atom. The number of phenols is 2. The predicted octanol–water partition coefficient (Wildman–Crippen LogP) is 3.81. The van der Waals surface area contributed by atoms with Gasteiger partial charge in [-0.15, -0.1) is 0 Å². The average Bonchev–Trinajstić information content (AvgIpc) is 2.41. The van der Waals surface area contributed by atoms with Gasteiger partial charge in [0.2, 0.25) is 0 Å². The molecule has 0 aromatic heterocycles. The van der Waals surface area contributed by atoms with Crippen LogP contribution in [0.4, 0.5) is 0 Å². The Morgan fingerprint density at radius 1 is 1.00 bits per heavy atom. The quantitative estimate of drug-likeness (QED) is 0.803. The highest BCUT2D eigenvalue weighted by Crippen LogP contribution is 2.40. The summed E-state index contributed by atoms with van der Waals surface area (Å²) in [7, 11) is 0. The lowest BCUT2D eigenvalue weighted by Crippen LogP contribution is -2.22. The molecule has 0 saturated heterocycles. The highest BCUT2D eigenvalue weighted by Gasteiger charge is 2.29. The van der Waals surface area contributed by atoms with Crippen LogP contribution >= 0.6 is 0 Å². The van der Waals surface area contributed by atoms with Crippen LogP contribution in [0.25, 0.3) is 0 Å². The van der Waals surface area contributed by atoms with Crippen molar-refractivity contribution in [3.05, 3.63) is 59.7 Å². The topological polar surface area (TPSA) is 40.5 Å². The van der Waals surface area contributed by atoms with Crippen molar-refractivity contribution >= 4 is 0 Å². The molecule has 0 aliphatic carbocycles. The van der Waals surface area contributed by atoms with E-state index < -0.39 is 0 Å². The van der Waals surface area contributed by atoms with Gasteiger partial charge in [0, 0.05) is 11.0 Å². The number of rotatable bonds is 3. The number of aromatic hydroxyl groups is 2. The van der Waals surface area contributed by atoms with Crippen LogP contribution in [0.5, 0.6) is 11.5 Å². The van der Waals surface area contributed by atoms with Gasteiger partial charge in [0.15, 0.2) is 0 Å². The van der Waals surface area contributed by atoms with Gasteiger partial charge in [-0.3, -0.25) is 0 Å². The van der Waals surface area contributed by atoms with Crippen LogP contribution in [0.1, 0.15) is 31.4 Å². The first-order chi connectivity index (χ1) is 8.58. The van der Waals surface area contributed by atoms with E-state index in [2.05, 4.69) is 13.8 Å². The van der Waals surface area contributed by atoms with Gasteiger partial charge in [0.1, 0.15) is 11.5 Å². The summed E-state index contributed by atoms with van der Waals surface area (Å²) in [4.78, 5) is 0. The molecule has 94 valence electrons. The zero-order valence-corrected chi connectivity index (χ0v) is 10.7. The minimum absolute atomic E-state index is 0.179. The van der Waals surface area contributed by atoms with Crippen molar-refractivity contribution < 1.29 is 10.2 Å². The monoisotopic (exact) mass is 242 g/mol. The van der Waals surface area contributed by atoms with Crippen molar-refractivity contribution in [1.82, 2.24) is 0 Å². The van der Waals surface area contributed by atoms with E-state index in [4.69, 9.17) is 0 Å². The fourth-order valence-electron chi connectivity index (χ4n) is 2.32. The fraction of sp³-hybridized carbons (Fsp3) is 0.250. The first-order valence-electron chi connectivity index (χ1n) is 6.16. The largest absolute Gasteiger partial charge is 0.508 e. The third-order valence-electron chi connectivity index (χ3n) is 3.69. The second-order valence-corrected chi connectivity index (χ2v) is 4.75. The third-order valence-corrected chi connectivity index (χ3v) is 3.69. The fourth-order valence-corrected chi connectivity index (χ4v) is 2.32. The highest BCUT2D eigenvalue weighted by atomic mass is 16.3. The summed E-state index contributed by atoms with van der Waals surface area (Å²) in [6, 6.07) is 14.7. The van der Waals surface area contributed by atoms with E-state index in [1.807, 2.05) is 30.3 Å². The Balaban J connectivity index is 2.60. The molecule has 0 bridgehead atoms. The van der Waals surface area contributed by atoms with Crippen molar-refractivity contribution in [3.8, 4) is 11.5 Å². The molecule has 0 fully saturated rings. The predicted molar refractivity (Wildman–Crippen MR) is 73.0 cm³/mol. The van der Waals surface area contributed by atoms with Crippen molar-refractivity contribution in [2.75, 3.05) is 0 Å². The van der Waals surface area contributed by atoms with Crippen LogP contribution in [0.2, 0.25) is 0 Å². The zero-order chi connectivity index (χ0) is 13.2. The maximum absolute atomic E-state index is 10.1. The van der Waals surface area contributed by atoms with Crippen LogP contribution in [-0.4, -0.2) is 10.2 Å². The second kappa shape index (κ2) is 4.73. The molecule has 0 aliphatic rings. The Hall–Kier alpha value is -1.96. The van der Waals surface area contributed by atoms with Gasteiger partial charge in [0.25, 0.3) is 0 Å². The van der Waals surface area contributed by atoms with E-state index in [-0.39, 0.29) is 16.9 Å². The number of hydrogen-bond donors (Lipinski definition) is 2. The van der Waals surface area contributed by atoms with Crippen molar-refractivity contribution in [1.29, 1.82) is 0 Å². The van der Waals surface area contributed by atoms with Gasteiger partial charge in [-0.05, 0) is 30.2 Å². The van der Waals surface area contributed by atoms with Gasteiger partial charge < -0.3 is 10.2 Å². The lowest BCUT2D eigenvalue weighted by molar-refractivity contribution is 0.431. The molecule has 2 aromatic carbocycles. The number of benzene rings is 2. The zero-order valence-electron chi connectivity index (χ0n) is 10.7. The van der Waals surface area contributed by atoms with E-state index >= 15 is 0 Å². The molecule has 0 radical (unpaired) electrons. The SMILES string of the molecule is CCC(C)(c1ccccc1)c1cc(O)ccc1O. The summed E-state index contributed by atoms with van der Waals surface area (Å²) in [5.74, 6) is 0.402. The molecule has 0 saturated carbocycles. The Kier molecular flexibility index (Phi) is 3.28. The molecule has 0 spiro atoms. The lowest BCUT2D eigenvalue weighted by Gasteiger charge is -2.30. The van der Waals surface area contributed by atoms with Gasteiger partial charge in [-0.1, -0.05) is 44.2 Å². The summed E-state index contributed by atoms with van der Waals surface area (Å²) < 4.78 is 0. The summed E-state index contributed by atoms with van der Waals surface area (Å²) in [5.41, 5.74) is 1.59. The van der Waals surface area contributed by atoms with Gasteiger partial charge in [-0.2, -0.15) is 0 Å². The van der Waals surface area contributed by atoms with Crippen LogP contribution in [0, 0.1) is 0 Å². The minimum Gasteiger partial charge on any atom is -0.508 e. The van der Waals surface area contributed by atoms with Gasteiger partial charge in [-0.25, -0.2) is 0 Å². The molecule has 2 aromatic rings. The lowest BCUT2D eigenvalue weighted by atomic mass is 9.74. The van der Waals surface area contributed by atoms with E-state index in [9.17, 15) is 10.2 Å². The first kappa shape index (κ1) is 12.5. The average molecular weight is 242 g/mol. The molecule has 18 heavy (non-hydrogen) atoms. The molecular formula is C16H18O2. The number of hydrogen-bond acceptors (Lipinski definition) is 2. The van der Waals surface area contributed by atoms with Gasteiger partial charge >= 0.3 is 0 Å². The Morgan fingerprint density at radius 2 is 1.67 bits per heavy atom. The Bertz CT molecular complexity index is 534.